The summed E-state index contributed by atoms with van der Waals surface area (Å²) in [4.78, 5) is 12.6. The van der Waals surface area contributed by atoms with E-state index in [0.29, 0.717) is 24.8 Å². The number of ether oxygens (including phenoxy) is 2. The number of aliphatic hydroxyl groups excluding tert-OH is 1. The molecule has 3 atom stereocenters. The summed E-state index contributed by atoms with van der Waals surface area (Å²) in [5.74, 6) is 1.32. The summed E-state index contributed by atoms with van der Waals surface area (Å²) in [5, 5.41) is 12.2. The van der Waals surface area contributed by atoms with Gasteiger partial charge < -0.3 is 19.9 Å². The van der Waals surface area contributed by atoms with Crippen LogP contribution < -0.4 is 5.32 Å². The Labute approximate surface area is 161 Å². The maximum absolute atomic E-state index is 12.6. The SMILES string of the molecule is CCO[C@H]1OC(C(=O)NCCc2ccccc2)=C[C@@H](C2CC2)[C@@H]1CCCO. The van der Waals surface area contributed by atoms with Crippen LogP contribution in [0.1, 0.15) is 38.2 Å². The molecule has 5 heteroatoms. The molecule has 0 bridgehead atoms. The first-order valence-corrected chi connectivity index (χ1v) is 10.2. The minimum absolute atomic E-state index is 0.165. The summed E-state index contributed by atoms with van der Waals surface area (Å²) < 4.78 is 11.8. The normalized spacial score (nSPS) is 24.8. The average molecular weight is 373 g/mol. The van der Waals surface area contributed by atoms with Crippen LogP contribution in [0.5, 0.6) is 0 Å². The van der Waals surface area contributed by atoms with Crippen molar-refractivity contribution < 1.29 is 19.4 Å². The van der Waals surface area contributed by atoms with Gasteiger partial charge in [0, 0.05) is 25.7 Å². The first-order chi connectivity index (χ1) is 13.2. The van der Waals surface area contributed by atoms with Crippen LogP contribution in [-0.2, 0) is 20.7 Å². The first kappa shape index (κ1) is 19.9. The third kappa shape index (κ3) is 5.56. The molecule has 1 heterocycles. The minimum Gasteiger partial charge on any atom is -0.459 e. The van der Waals surface area contributed by atoms with Crippen molar-refractivity contribution in [1.82, 2.24) is 5.32 Å². The molecule has 1 amide bonds. The highest BCUT2D eigenvalue weighted by molar-refractivity contribution is 5.91. The van der Waals surface area contributed by atoms with Crippen molar-refractivity contribution in [3.05, 3.63) is 47.7 Å². The summed E-state index contributed by atoms with van der Waals surface area (Å²) in [7, 11) is 0. The second kappa shape index (κ2) is 9.90. The van der Waals surface area contributed by atoms with E-state index in [1.165, 1.54) is 18.4 Å². The van der Waals surface area contributed by atoms with E-state index in [1.54, 1.807) is 0 Å². The number of rotatable bonds is 10. The number of nitrogens with one attached hydrogen (secondary N) is 1. The van der Waals surface area contributed by atoms with Gasteiger partial charge in [0.15, 0.2) is 5.76 Å². The van der Waals surface area contributed by atoms with E-state index in [1.807, 2.05) is 31.2 Å². The molecule has 1 saturated carbocycles. The van der Waals surface area contributed by atoms with E-state index in [-0.39, 0.29) is 24.3 Å². The van der Waals surface area contributed by atoms with Crippen LogP contribution in [0.25, 0.3) is 0 Å². The molecule has 0 saturated heterocycles. The molecule has 3 rings (SSSR count). The van der Waals surface area contributed by atoms with E-state index in [0.717, 1.165) is 19.3 Å². The smallest absolute Gasteiger partial charge is 0.286 e. The summed E-state index contributed by atoms with van der Waals surface area (Å²) in [6.45, 7) is 3.23. The highest BCUT2D eigenvalue weighted by Gasteiger charge is 2.43. The fraction of sp³-hybridized carbons (Fsp3) is 0.591. The van der Waals surface area contributed by atoms with Crippen LogP contribution in [-0.4, -0.2) is 37.1 Å². The van der Waals surface area contributed by atoms with E-state index < -0.39 is 6.29 Å². The van der Waals surface area contributed by atoms with Crippen molar-refractivity contribution in [2.24, 2.45) is 17.8 Å². The second-order valence-electron chi connectivity index (χ2n) is 7.41. The molecule has 1 aromatic carbocycles. The molecule has 1 aliphatic heterocycles. The predicted octanol–water partition coefficient (Wildman–Crippen LogP) is 3.04. The second-order valence-corrected chi connectivity index (χ2v) is 7.41. The standard InChI is InChI=1S/C22H31NO4/c1-2-26-22-18(9-6-14-24)19(17-10-11-17)15-20(27-22)21(25)23-13-12-16-7-4-3-5-8-16/h3-5,7-8,15,17-19,22,24H,2,6,9-14H2,1H3,(H,23,25)/t18-,19-,22-/m0/s1. The van der Waals surface area contributed by atoms with Crippen LogP contribution in [0, 0.1) is 17.8 Å². The molecule has 1 aliphatic carbocycles. The van der Waals surface area contributed by atoms with Gasteiger partial charge in [-0.05, 0) is 62.5 Å². The molecular formula is C22H31NO4. The third-order valence-electron chi connectivity index (χ3n) is 5.39. The van der Waals surface area contributed by atoms with Gasteiger partial charge in [-0.25, -0.2) is 0 Å². The Morgan fingerprint density at radius 2 is 2.07 bits per heavy atom. The van der Waals surface area contributed by atoms with Gasteiger partial charge in [-0.15, -0.1) is 0 Å². The van der Waals surface area contributed by atoms with Crippen molar-refractivity contribution in [2.75, 3.05) is 19.8 Å². The maximum Gasteiger partial charge on any atom is 0.286 e. The lowest BCUT2D eigenvalue weighted by molar-refractivity contribution is -0.173. The summed E-state index contributed by atoms with van der Waals surface area (Å²) in [6.07, 6.45) is 6.35. The van der Waals surface area contributed by atoms with Crippen LogP contribution in [0.15, 0.2) is 42.2 Å². The van der Waals surface area contributed by atoms with Crippen LogP contribution in [0.2, 0.25) is 0 Å². The molecule has 2 N–H and O–H groups in total. The predicted molar refractivity (Wildman–Crippen MR) is 104 cm³/mol. The summed E-state index contributed by atoms with van der Waals surface area (Å²) in [5.41, 5.74) is 1.20. The average Bonchev–Trinajstić information content (AvgIpc) is 3.52. The highest BCUT2D eigenvalue weighted by atomic mass is 16.7. The number of amides is 1. The van der Waals surface area contributed by atoms with Crippen molar-refractivity contribution in [3.8, 4) is 0 Å². The van der Waals surface area contributed by atoms with E-state index in [2.05, 4.69) is 17.4 Å². The van der Waals surface area contributed by atoms with Gasteiger partial charge in [0.1, 0.15) is 0 Å². The van der Waals surface area contributed by atoms with Gasteiger partial charge in [-0.1, -0.05) is 30.3 Å². The number of hydrogen-bond donors (Lipinski definition) is 2. The van der Waals surface area contributed by atoms with Crippen molar-refractivity contribution in [1.29, 1.82) is 0 Å². The fourth-order valence-electron chi connectivity index (χ4n) is 3.86. The first-order valence-electron chi connectivity index (χ1n) is 10.2. The summed E-state index contributed by atoms with van der Waals surface area (Å²) in [6, 6.07) is 10.1. The number of allylic oxidation sites excluding steroid dienone is 1. The molecule has 5 nitrogen and oxygen atoms in total. The van der Waals surface area contributed by atoms with E-state index in [9.17, 15) is 9.90 Å². The Hall–Kier alpha value is -1.85. The zero-order valence-electron chi connectivity index (χ0n) is 16.1. The van der Waals surface area contributed by atoms with Gasteiger partial charge in [-0.3, -0.25) is 4.79 Å². The topological polar surface area (TPSA) is 67.8 Å². The largest absolute Gasteiger partial charge is 0.459 e. The monoisotopic (exact) mass is 373 g/mol. The number of aliphatic hydroxyl groups is 1. The number of carbonyl (C=O) groups excluding carboxylic acids is 1. The molecule has 0 spiro atoms. The molecule has 27 heavy (non-hydrogen) atoms. The lowest BCUT2D eigenvalue weighted by atomic mass is 9.82. The lowest BCUT2D eigenvalue weighted by Crippen LogP contribution is -2.40. The van der Waals surface area contributed by atoms with E-state index >= 15 is 0 Å². The Morgan fingerprint density at radius 1 is 1.30 bits per heavy atom. The Balaban J connectivity index is 1.63. The molecule has 0 radical (unpaired) electrons. The molecule has 0 aromatic heterocycles. The molecule has 1 fully saturated rings. The number of carbonyl (C=O) groups is 1. The maximum atomic E-state index is 12.6. The molecule has 1 aromatic rings. The van der Waals surface area contributed by atoms with Gasteiger partial charge in [0.2, 0.25) is 6.29 Å². The van der Waals surface area contributed by atoms with Crippen molar-refractivity contribution in [3.63, 3.8) is 0 Å². The fourth-order valence-corrected chi connectivity index (χ4v) is 3.86. The van der Waals surface area contributed by atoms with Crippen molar-refractivity contribution in [2.45, 2.75) is 45.3 Å². The highest BCUT2D eigenvalue weighted by Crippen LogP contribution is 2.47. The lowest BCUT2D eigenvalue weighted by Gasteiger charge is -2.37. The Bertz CT molecular complexity index is 626. The number of hydrogen-bond acceptors (Lipinski definition) is 4. The molecule has 2 aliphatic rings. The Kier molecular flexibility index (Phi) is 7.30. The zero-order chi connectivity index (χ0) is 19.1. The molecular weight excluding hydrogens is 342 g/mol. The van der Waals surface area contributed by atoms with Crippen LogP contribution in [0.3, 0.4) is 0 Å². The molecule has 0 unspecified atom stereocenters. The quantitative estimate of drug-likeness (QED) is 0.661. The van der Waals surface area contributed by atoms with E-state index in [4.69, 9.17) is 9.47 Å². The van der Waals surface area contributed by atoms with Gasteiger partial charge in [0.25, 0.3) is 5.91 Å². The van der Waals surface area contributed by atoms with Crippen LogP contribution >= 0.6 is 0 Å². The van der Waals surface area contributed by atoms with Gasteiger partial charge in [-0.2, -0.15) is 0 Å². The zero-order valence-corrected chi connectivity index (χ0v) is 16.1. The van der Waals surface area contributed by atoms with Gasteiger partial charge in [0.05, 0.1) is 0 Å². The van der Waals surface area contributed by atoms with Gasteiger partial charge >= 0.3 is 0 Å². The number of benzene rings is 1. The molecule has 148 valence electrons. The van der Waals surface area contributed by atoms with Crippen molar-refractivity contribution >= 4 is 5.91 Å². The Morgan fingerprint density at radius 3 is 2.74 bits per heavy atom. The summed E-state index contributed by atoms with van der Waals surface area (Å²) >= 11 is 0. The third-order valence-corrected chi connectivity index (χ3v) is 5.39. The van der Waals surface area contributed by atoms with Crippen LogP contribution in [0.4, 0.5) is 0 Å². The minimum atomic E-state index is -0.410.